The van der Waals surface area contributed by atoms with E-state index in [-0.39, 0.29) is 17.9 Å². The third kappa shape index (κ3) is 2.74. The van der Waals surface area contributed by atoms with E-state index in [4.69, 9.17) is 9.15 Å². The van der Waals surface area contributed by atoms with Crippen LogP contribution in [0, 0.1) is 0 Å². The summed E-state index contributed by atoms with van der Waals surface area (Å²) in [4.78, 5) is 27.2. The minimum Gasteiger partial charge on any atom is -0.464 e. The standard InChI is InChI=1S/C19H18N2O4/c1-2-7-24-13-10-16-18(22)20-15-6-5-12(17-4-3-8-25-17)9-14(15)19(23)21(16)11-13/h2-6,8-9,13,16H,1,7,10-11H2,(H,20,22)/t13-,16+/m1/s1. The van der Waals surface area contributed by atoms with Crippen molar-refractivity contribution in [3.63, 3.8) is 0 Å². The first-order valence-corrected chi connectivity index (χ1v) is 8.19. The number of anilines is 1. The van der Waals surface area contributed by atoms with Crippen LogP contribution in [-0.2, 0) is 9.53 Å². The third-order valence-electron chi connectivity index (χ3n) is 4.59. The summed E-state index contributed by atoms with van der Waals surface area (Å²) in [7, 11) is 0. The van der Waals surface area contributed by atoms with Crippen molar-refractivity contribution in [2.24, 2.45) is 0 Å². The zero-order valence-electron chi connectivity index (χ0n) is 13.6. The minimum absolute atomic E-state index is 0.160. The van der Waals surface area contributed by atoms with Gasteiger partial charge in [-0.1, -0.05) is 6.08 Å². The van der Waals surface area contributed by atoms with E-state index in [0.29, 0.717) is 36.6 Å². The monoisotopic (exact) mass is 338 g/mol. The molecule has 1 aromatic carbocycles. The van der Waals surface area contributed by atoms with Crippen molar-refractivity contribution in [3.05, 3.63) is 54.8 Å². The van der Waals surface area contributed by atoms with Crippen LogP contribution >= 0.6 is 0 Å². The molecule has 2 aliphatic rings. The zero-order valence-corrected chi connectivity index (χ0v) is 13.6. The maximum atomic E-state index is 13.0. The molecule has 2 aromatic rings. The minimum atomic E-state index is -0.512. The van der Waals surface area contributed by atoms with Gasteiger partial charge in [0.05, 0.1) is 30.2 Å². The Morgan fingerprint density at radius 2 is 2.24 bits per heavy atom. The fraction of sp³-hybridized carbons (Fsp3) is 0.263. The highest BCUT2D eigenvalue weighted by atomic mass is 16.5. The van der Waals surface area contributed by atoms with Gasteiger partial charge in [0.2, 0.25) is 5.91 Å². The summed E-state index contributed by atoms with van der Waals surface area (Å²) in [5, 5.41) is 2.87. The second kappa shape index (κ2) is 6.22. The van der Waals surface area contributed by atoms with E-state index in [9.17, 15) is 9.59 Å². The molecule has 2 aliphatic heterocycles. The molecule has 6 nitrogen and oxygen atoms in total. The van der Waals surface area contributed by atoms with Crippen molar-refractivity contribution >= 4 is 17.5 Å². The summed E-state index contributed by atoms with van der Waals surface area (Å²) in [6.45, 7) is 4.43. The number of nitrogens with zero attached hydrogens (tertiary/aromatic N) is 1. The molecule has 4 rings (SSSR count). The van der Waals surface area contributed by atoms with E-state index in [1.54, 1.807) is 35.4 Å². The van der Waals surface area contributed by atoms with Crippen molar-refractivity contribution in [2.75, 3.05) is 18.5 Å². The summed E-state index contributed by atoms with van der Waals surface area (Å²) >= 11 is 0. The maximum Gasteiger partial charge on any atom is 0.256 e. The van der Waals surface area contributed by atoms with E-state index < -0.39 is 6.04 Å². The van der Waals surface area contributed by atoms with Gasteiger partial charge in [-0.25, -0.2) is 0 Å². The van der Waals surface area contributed by atoms with Gasteiger partial charge < -0.3 is 19.4 Å². The Bertz CT molecular complexity index is 828. The number of hydrogen-bond acceptors (Lipinski definition) is 4. The Morgan fingerprint density at radius 3 is 3.00 bits per heavy atom. The Balaban J connectivity index is 1.67. The molecule has 0 aliphatic carbocycles. The van der Waals surface area contributed by atoms with Crippen molar-refractivity contribution in [3.8, 4) is 11.3 Å². The number of ether oxygens (including phenoxy) is 1. The fourth-order valence-electron chi connectivity index (χ4n) is 3.39. The van der Waals surface area contributed by atoms with Gasteiger partial charge in [-0.3, -0.25) is 9.59 Å². The molecule has 6 heteroatoms. The second-order valence-electron chi connectivity index (χ2n) is 6.18. The molecule has 2 amide bonds. The lowest BCUT2D eigenvalue weighted by atomic mass is 10.1. The molecule has 3 heterocycles. The highest BCUT2D eigenvalue weighted by Crippen LogP contribution is 2.32. The lowest BCUT2D eigenvalue weighted by Gasteiger charge is -2.20. The molecule has 0 radical (unpaired) electrons. The number of hydrogen-bond donors (Lipinski definition) is 1. The Kier molecular flexibility index (Phi) is 3.89. The first kappa shape index (κ1) is 15.7. The summed E-state index contributed by atoms with van der Waals surface area (Å²) < 4.78 is 11.0. The Hall–Kier alpha value is -2.86. The van der Waals surface area contributed by atoms with Crippen LogP contribution in [0.25, 0.3) is 11.3 Å². The van der Waals surface area contributed by atoms with Crippen LogP contribution < -0.4 is 5.32 Å². The molecule has 1 saturated heterocycles. The molecule has 25 heavy (non-hydrogen) atoms. The topological polar surface area (TPSA) is 71.8 Å². The van der Waals surface area contributed by atoms with Gasteiger partial charge in [0.25, 0.3) is 5.91 Å². The number of fused-ring (bicyclic) bond motifs is 2. The van der Waals surface area contributed by atoms with Gasteiger partial charge in [0.15, 0.2) is 0 Å². The third-order valence-corrected chi connectivity index (χ3v) is 4.59. The van der Waals surface area contributed by atoms with Gasteiger partial charge in [-0.15, -0.1) is 6.58 Å². The quantitative estimate of drug-likeness (QED) is 0.870. The fourth-order valence-corrected chi connectivity index (χ4v) is 3.39. The number of carbonyl (C=O) groups is 2. The average Bonchev–Trinajstić information content (AvgIpc) is 3.28. The number of carbonyl (C=O) groups excluding carboxylic acids is 2. The lowest BCUT2D eigenvalue weighted by Crippen LogP contribution is -2.40. The van der Waals surface area contributed by atoms with Gasteiger partial charge >= 0.3 is 0 Å². The number of benzene rings is 1. The normalized spacial score (nSPS) is 22.2. The van der Waals surface area contributed by atoms with Gasteiger partial charge in [-0.05, 0) is 30.3 Å². The van der Waals surface area contributed by atoms with Crippen molar-refractivity contribution < 1.29 is 18.7 Å². The van der Waals surface area contributed by atoms with Gasteiger partial charge in [0.1, 0.15) is 11.8 Å². The van der Waals surface area contributed by atoms with Crippen LogP contribution in [0.1, 0.15) is 16.8 Å². The van der Waals surface area contributed by atoms with Crippen LogP contribution in [-0.4, -0.2) is 42.0 Å². The second-order valence-corrected chi connectivity index (χ2v) is 6.18. The zero-order chi connectivity index (χ0) is 17.4. The molecule has 0 bridgehead atoms. The Labute approximate surface area is 145 Å². The predicted molar refractivity (Wildman–Crippen MR) is 92.2 cm³/mol. The maximum absolute atomic E-state index is 13.0. The molecular weight excluding hydrogens is 320 g/mol. The highest BCUT2D eigenvalue weighted by molar-refractivity contribution is 6.10. The lowest BCUT2D eigenvalue weighted by molar-refractivity contribution is -0.119. The van der Waals surface area contributed by atoms with E-state index in [1.807, 2.05) is 12.1 Å². The largest absolute Gasteiger partial charge is 0.464 e. The van der Waals surface area contributed by atoms with Crippen LogP contribution in [0.5, 0.6) is 0 Å². The highest BCUT2D eigenvalue weighted by Gasteiger charge is 2.43. The summed E-state index contributed by atoms with van der Waals surface area (Å²) in [5.41, 5.74) is 1.79. The van der Waals surface area contributed by atoms with Crippen molar-refractivity contribution in [1.29, 1.82) is 0 Å². The summed E-state index contributed by atoms with van der Waals surface area (Å²) in [6.07, 6.45) is 3.58. The van der Waals surface area contributed by atoms with Crippen LogP contribution in [0.15, 0.2) is 53.7 Å². The first-order valence-electron chi connectivity index (χ1n) is 8.19. The summed E-state index contributed by atoms with van der Waals surface area (Å²) in [5.74, 6) is 0.329. The molecular formula is C19H18N2O4. The van der Waals surface area contributed by atoms with Crippen LogP contribution in [0.4, 0.5) is 5.69 Å². The molecule has 0 saturated carbocycles. The number of nitrogens with one attached hydrogen (secondary N) is 1. The smallest absolute Gasteiger partial charge is 0.256 e. The Morgan fingerprint density at radius 1 is 1.36 bits per heavy atom. The van der Waals surface area contributed by atoms with E-state index in [0.717, 1.165) is 5.56 Å². The number of amides is 2. The molecule has 0 unspecified atom stereocenters. The molecule has 1 N–H and O–H groups in total. The van der Waals surface area contributed by atoms with Crippen LogP contribution in [0.3, 0.4) is 0 Å². The molecule has 2 atom stereocenters. The van der Waals surface area contributed by atoms with Crippen LogP contribution in [0.2, 0.25) is 0 Å². The van der Waals surface area contributed by atoms with Crippen molar-refractivity contribution in [2.45, 2.75) is 18.6 Å². The molecule has 0 spiro atoms. The average molecular weight is 338 g/mol. The molecule has 1 aromatic heterocycles. The molecule has 1 fully saturated rings. The predicted octanol–water partition coefficient (Wildman–Crippen LogP) is 2.68. The summed E-state index contributed by atoms with van der Waals surface area (Å²) in [6, 6.07) is 8.45. The number of furan rings is 1. The first-order chi connectivity index (χ1) is 12.2. The molecule has 128 valence electrons. The van der Waals surface area contributed by atoms with E-state index in [1.165, 1.54) is 0 Å². The van der Waals surface area contributed by atoms with Crippen molar-refractivity contribution in [1.82, 2.24) is 4.90 Å². The van der Waals surface area contributed by atoms with Gasteiger partial charge in [0, 0.05) is 18.5 Å². The number of rotatable bonds is 4. The SMILES string of the molecule is C=CCO[C@@H]1C[C@H]2C(=O)Nc3ccc(-c4ccco4)cc3C(=O)N2C1. The van der Waals surface area contributed by atoms with E-state index >= 15 is 0 Å². The van der Waals surface area contributed by atoms with E-state index in [2.05, 4.69) is 11.9 Å². The van der Waals surface area contributed by atoms with Gasteiger partial charge in [-0.2, -0.15) is 0 Å².